The molecule has 0 radical (unpaired) electrons. The van der Waals surface area contributed by atoms with Gasteiger partial charge in [0.2, 0.25) is 0 Å². The van der Waals surface area contributed by atoms with E-state index in [1.165, 1.54) is 31.6 Å². The molecule has 0 aliphatic heterocycles. The van der Waals surface area contributed by atoms with Gasteiger partial charge in [-0.1, -0.05) is 6.07 Å². The zero-order valence-electron chi connectivity index (χ0n) is 18.1. The molecule has 0 bridgehead atoms. The highest BCUT2D eigenvalue weighted by molar-refractivity contribution is 6.01. The first-order chi connectivity index (χ1) is 16.7. The molecular formula is C24H16F3N5O3. The minimum atomic E-state index is -4.63. The monoisotopic (exact) mass is 479 g/mol. The molecule has 0 aliphatic carbocycles. The maximum absolute atomic E-state index is 13.4. The third-order valence-corrected chi connectivity index (χ3v) is 5.64. The van der Waals surface area contributed by atoms with E-state index in [1.807, 2.05) is 0 Å². The van der Waals surface area contributed by atoms with Gasteiger partial charge in [0, 0.05) is 25.0 Å². The summed E-state index contributed by atoms with van der Waals surface area (Å²) < 4.78 is 42.1. The number of hydrogen-bond donors (Lipinski definition) is 1. The van der Waals surface area contributed by atoms with Crippen LogP contribution in [0.15, 0.2) is 70.5 Å². The van der Waals surface area contributed by atoms with Gasteiger partial charge in [-0.3, -0.25) is 23.9 Å². The van der Waals surface area contributed by atoms with Crippen LogP contribution in [0, 0.1) is 0 Å². The van der Waals surface area contributed by atoms with Gasteiger partial charge in [0.1, 0.15) is 5.52 Å². The summed E-state index contributed by atoms with van der Waals surface area (Å²) in [5.74, 6) is 0. The Hall–Kier alpha value is -4.38. The summed E-state index contributed by atoms with van der Waals surface area (Å²) >= 11 is 0. The molecule has 5 rings (SSSR count). The van der Waals surface area contributed by atoms with E-state index in [4.69, 9.17) is 0 Å². The van der Waals surface area contributed by atoms with Crippen LogP contribution >= 0.6 is 0 Å². The normalized spacial score (nSPS) is 11.9. The van der Waals surface area contributed by atoms with Crippen LogP contribution in [0.3, 0.4) is 0 Å². The Labute approximate surface area is 194 Å². The lowest BCUT2D eigenvalue weighted by atomic mass is 10.1. The predicted molar refractivity (Wildman–Crippen MR) is 122 cm³/mol. The summed E-state index contributed by atoms with van der Waals surface area (Å²) in [5.41, 5.74) is -0.435. The maximum atomic E-state index is 13.4. The number of pyridine rings is 3. The van der Waals surface area contributed by atoms with Gasteiger partial charge < -0.3 is 5.11 Å². The Morgan fingerprint density at radius 2 is 1.80 bits per heavy atom. The maximum Gasteiger partial charge on any atom is 0.416 e. The average Bonchev–Trinajstić information content (AvgIpc) is 2.86. The molecule has 0 amide bonds. The van der Waals surface area contributed by atoms with Crippen LogP contribution in [0.25, 0.3) is 38.9 Å². The highest BCUT2D eigenvalue weighted by Crippen LogP contribution is 2.31. The van der Waals surface area contributed by atoms with Gasteiger partial charge in [0.25, 0.3) is 5.56 Å². The second kappa shape index (κ2) is 8.13. The summed E-state index contributed by atoms with van der Waals surface area (Å²) in [6, 6.07) is 10.9. The van der Waals surface area contributed by atoms with Crippen LogP contribution in [0.5, 0.6) is 0 Å². The van der Waals surface area contributed by atoms with Crippen LogP contribution in [0.4, 0.5) is 13.2 Å². The van der Waals surface area contributed by atoms with Crippen LogP contribution in [0.1, 0.15) is 11.3 Å². The third kappa shape index (κ3) is 3.75. The lowest BCUT2D eigenvalue weighted by Crippen LogP contribution is -2.37. The van der Waals surface area contributed by atoms with Gasteiger partial charge in [0.15, 0.2) is 0 Å². The fourth-order valence-corrected chi connectivity index (χ4v) is 3.84. The number of alkyl halides is 3. The fraction of sp³-hybridized carbons (Fsp3) is 0.125. The molecule has 1 aromatic carbocycles. The molecule has 0 unspecified atom stereocenters. The first kappa shape index (κ1) is 22.4. The number of rotatable bonds is 3. The van der Waals surface area contributed by atoms with Crippen LogP contribution in [-0.4, -0.2) is 29.2 Å². The summed E-state index contributed by atoms with van der Waals surface area (Å²) in [4.78, 5) is 39.1. The van der Waals surface area contributed by atoms with Crippen molar-refractivity contribution in [2.75, 3.05) is 0 Å². The molecule has 0 spiro atoms. The molecule has 4 aromatic heterocycles. The minimum absolute atomic E-state index is 0.0235. The predicted octanol–water partition coefficient (Wildman–Crippen LogP) is 3.21. The summed E-state index contributed by atoms with van der Waals surface area (Å²) in [7, 11) is 1.25. The molecule has 35 heavy (non-hydrogen) atoms. The van der Waals surface area contributed by atoms with Crippen molar-refractivity contribution in [3.05, 3.63) is 93.0 Å². The quantitative estimate of drug-likeness (QED) is 0.399. The van der Waals surface area contributed by atoms with Crippen LogP contribution in [-0.2, 0) is 19.8 Å². The van der Waals surface area contributed by atoms with Gasteiger partial charge in [0.05, 0.1) is 45.7 Å². The SMILES string of the molecule is Cn1c(=O)c2cnc3ccc(-c4ccc(CO)nc4)nc3c2n(-c2cccc(C(F)(F)F)c2)c1=O. The van der Waals surface area contributed by atoms with Crippen molar-refractivity contribution in [1.82, 2.24) is 24.1 Å². The van der Waals surface area contributed by atoms with Crippen molar-refractivity contribution in [3.63, 3.8) is 0 Å². The number of nitrogens with zero attached hydrogens (tertiary/aromatic N) is 5. The molecule has 1 N–H and O–H groups in total. The molecule has 4 heterocycles. The number of aliphatic hydroxyl groups is 1. The minimum Gasteiger partial charge on any atom is -0.390 e. The molecule has 0 saturated carbocycles. The molecule has 5 aromatic rings. The van der Waals surface area contributed by atoms with Crippen molar-refractivity contribution in [2.24, 2.45) is 7.05 Å². The number of hydrogen-bond acceptors (Lipinski definition) is 6. The zero-order valence-corrected chi connectivity index (χ0v) is 18.1. The Morgan fingerprint density at radius 3 is 2.49 bits per heavy atom. The number of benzene rings is 1. The van der Waals surface area contributed by atoms with E-state index >= 15 is 0 Å². The van der Waals surface area contributed by atoms with E-state index < -0.39 is 23.0 Å². The fourth-order valence-electron chi connectivity index (χ4n) is 3.84. The smallest absolute Gasteiger partial charge is 0.390 e. The Balaban J connectivity index is 1.88. The van der Waals surface area contributed by atoms with Gasteiger partial charge in [-0.05, 0) is 42.5 Å². The molecule has 0 fully saturated rings. The third-order valence-electron chi connectivity index (χ3n) is 5.64. The molecule has 8 nitrogen and oxygen atoms in total. The molecule has 0 atom stereocenters. The van der Waals surface area contributed by atoms with E-state index in [2.05, 4.69) is 15.0 Å². The van der Waals surface area contributed by atoms with Crippen molar-refractivity contribution >= 4 is 21.9 Å². The molecule has 0 aliphatic rings. The lowest BCUT2D eigenvalue weighted by Gasteiger charge is -2.15. The molecular weight excluding hydrogens is 463 g/mol. The zero-order chi connectivity index (χ0) is 24.9. The topological polar surface area (TPSA) is 103 Å². The standard InChI is InChI=1S/C24H16F3N5O3/c1-31-22(34)17-11-29-19-8-7-18(13-5-6-15(12-33)28-10-13)30-20(19)21(17)32(23(31)35)16-4-2-3-14(9-16)24(25,26)27/h2-11,33H,12H2,1H3. The van der Waals surface area contributed by atoms with Gasteiger partial charge in [-0.15, -0.1) is 0 Å². The first-order valence-corrected chi connectivity index (χ1v) is 10.3. The summed E-state index contributed by atoms with van der Waals surface area (Å²) in [6.07, 6.45) is -1.83. The van der Waals surface area contributed by atoms with E-state index in [-0.39, 0.29) is 28.7 Å². The molecule has 0 saturated heterocycles. The van der Waals surface area contributed by atoms with E-state index in [9.17, 15) is 27.9 Å². The number of fused-ring (bicyclic) bond motifs is 3. The second-order valence-corrected chi connectivity index (χ2v) is 7.81. The number of halogens is 3. The van der Waals surface area contributed by atoms with E-state index in [1.54, 1.807) is 24.3 Å². The first-order valence-electron chi connectivity index (χ1n) is 10.3. The van der Waals surface area contributed by atoms with Gasteiger partial charge >= 0.3 is 11.9 Å². The van der Waals surface area contributed by atoms with Crippen molar-refractivity contribution in [1.29, 1.82) is 0 Å². The Bertz CT molecular complexity index is 1720. The largest absolute Gasteiger partial charge is 0.416 e. The number of aliphatic hydroxyl groups excluding tert-OH is 1. The van der Waals surface area contributed by atoms with Crippen molar-refractivity contribution in [2.45, 2.75) is 12.8 Å². The second-order valence-electron chi connectivity index (χ2n) is 7.81. The van der Waals surface area contributed by atoms with E-state index in [0.717, 1.165) is 21.3 Å². The van der Waals surface area contributed by atoms with Crippen LogP contribution < -0.4 is 11.2 Å². The molecule has 11 heteroatoms. The van der Waals surface area contributed by atoms with Crippen LogP contribution in [0.2, 0.25) is 0 Å². The van der Waals surface area contributed by atoms with Gasteiger partial charge in [-0.25, -0.2) is 9.78 Å². The Morgan fingerprint density at radius 1 is 1.00 bits per heavy atom. The van der Waals surface area contributed by atoms with Crippen molar-refractivity contribution in [3.8, 4) is 16.9 Å². The number of aromatic nitrogens is 5. The highest BCUT2D eigenvalue weighted by atomic mass is 19.4. The summed E-state index contributed by atoms with van der Waals surface area (Å²) in [6.45, 7) is -0.230. The lowest BCUT2D eigenvalue weighted by molar-refractivity contribution is -0.137. The summed E-state index contributed by atoms with van der Waals surface area (Å²) in [5, 5.41) is 9.24. The average molecular weight is 479 g/mol. The Kier molecular flexibility index (Phi) is 5.21. The van der Waals surface area contributed by atoms with Crippen molar-refractivity contribution < 1.29 is 18.3 Å². The van der Waals surface area contributed by atoms with E-state index in [0.29, 0.717) is 22.5 Å². The molecule has 176 valence electrons. The van der Waals surface area contributed by atoms with Gasteiger partial charge in [-0.2, -0.15) is 13.2 Å². The highest BCUT2D eigenvalue weighted by Gasteiger charge is 2.31.